The zero-order chi connectivity index (χ0) is 19.7. The normalized spacial score (nSPS) is 10.9. The number of hydrogen-bond acceptors (Lipinski definition) is 6. The van der Waals surface area contributed by atoms with E-state index in [1.807, 2.05) is 27.7 Å². The summed E-state index contributed by atoms with van der Waals surface area (Å²) in [5, 5.41) is 6.84. The van der Waals surface area contributed by atoms with Gasteiger partial charge >= 0.3 is 11.9 Å². The smallest absolute Gasteiger partial charge is 0.343 e. The molecule has 0 aliphatic carbocycles. The van der Waals surface area contributed by atoms with Gasteiger partial charge in [-0.3, -0.25) is 9.59 Å². The van der Waals surface area contributed by atoms with Gasteiger partial charge in [-0.15, -0.1) is 0 Å². The van der Waals surface area contributed by atoms with Crippen LogP contribution in [0.2, 0.25) is 0 Å². The molecule has 0 aromatic carbocycles. The van der Waals surface area contributed by atoms with E-state index in [1.54, 1.807) is 6.92 Å². The van der Waals surface area contributed by atoms with Crippen LogP contribution >= 0.6 is 0 Å². The van der Waals surface area contributed by atoms with Gasteiger partial charge in [0.25, 0.3) is 0 Å². The first-order chi connectivity index (χ1) is 12.2. The minimum absolute atomic E-state index is 0.0998. The molecule has 1 amide bonds. The van der Waals surface area contributed by atoms with Gasteiger partial charge in [0.05, 0.1) is 19.3 Å². The maximum Gasteiger partial charge on any atom is 0.343 e. The van der Waals surface area contributed by atoms with E-state index in [-0.39, 0.29) is 54.9 Å². The largest absolute Gasteiger partial charge is 0.464 e. The molecule has 0 unspecified atom stereocenters. The maximum atomic E-state index is 12.1. The summed E-state index contributed by atoms with van der Waals surface area (Å²) in [5.74, 6) is -0.417. The Morgan fingerprint density at radius 1 is 1.12 bits per heavy atom. The molecule has 26 heavy (non-hydrogen) atoms. The van der Waals surface area contributed by atoms with E-state index in [2.05, 4.69) is 10.4 Å². The topological polar surface area (TPSA) is 99.5 Å². The second-order valence-corrected chi connectivity index (χ2v) is 6.82. The van der Waals surface area contributed by atoms with Crippen molar-refractivity contribution in [3.63, 3.8) is 0 Å². The monoisotopic (exact) mass is 367 g/mol. The fourth-order valence-electron chi connectivity index (χ4n) is 2.24. The summed E-state index contributed by atoms with van der Waals surface area (Å²) in [4.78, 5) is 35.8. The highest BCUT2D eigenvalue weighted by Gasteiger charge is 2.21. The Bertz CT molecular complexity index is 622. The average Bonchev–Trinajstić information content (AvgIpc) is 2.88. The number of anilines is 1. The Morgan fingerprint density at radius 3 is 2.35 bits per heavy atom. The van der Waals surface area contributed by atoms with Crippen molar-refractivity contribution in [2.45, 2.75) is 54.0 Å². The Kier molecular flexibility index (Phi) is 8.81. The highest BCUT2D eigenvalue weighted by atomic mass is 16.5. The van der Waals surface area contributed by atoms with E-state index in [0.29, 0.717) is 12.8 Å². The number of nitrogens with one attached hydrogen (secondary N) is 1. The molecule has 0 atom stereocenters. The number of carbonyl (C=O) groups excluding carboxylic acids is 3. The predicted octanol–water partition coefficient (Wildman–Crippen LogP) is 2.63. The number of amides is 1. The Labute approximate surface area is 154 Å². The third-order valence-corrected chi connectivity index (χ3v) is 3.33. The van der Waals surface area contributed by atoms with E-state index >= 15 is 0 Å². The fourth-order valence-corrected chi connectivity index (χ4v) is 2.24. The number of esters is 2. The standard InChI is InChI=1S/C18H29N3O5/c1-6-25-18(24)14-11-19-21(7-8-26-16(23)10-13(4)5)17(14)20-15(22)9-12(2)3/h11-13H,6-10H2,1-5H3,(H,20,22). The molecule has 1 N–H and O–H groups in total. The van der Waals surface area contributed by atoms with Gasteiger partial charge in [0.15, 0.2) is 0 Å². The van der Waals surface area contributed by atoms with Gasteiger partial charge in [0.1, 0.15) is 18.0 Å². The van der Waals surface area contributed by atoms with Crippen LogP contribution in [0, 0.1) is 11.8 Å². The Hall–Kier alpha value is -2.38. The third-order valence-electron chi connectivity index (χ3n) is 3.33. The quantitative estimate of drug-likeness (QED) is 0.638. The number of carbonyl (C=O) groups is 3. The second-order valence-electron chi connectivity index (χ2n) is 6.82. The highest BCUT2D eigenvalue weighted by molar-refractivity contribution is 6.00. The molecule has 8 heteroatoms. The summed E-state index contributed by atoms with van der Waals surface area (Å²) in [5.41, 5.74) is 0.178. The molecule has 0 aliphatic rings. The lowest BCUT2D eigenvalue weighted by Gasteiger charge is -2.12. The van der Waals surface area contributed by atoms with Crippen LogP contribution in [0.25, 0.3) is 0 Å². The lowest BCUT2D eigenvalue weighted by atomic mass is 10.1. The van der Waals surface area contributed by atoms with Gasteiger partial charge in [-0.2, -0.15) is 5.10 Å². The molecule has 1 rings (SSSR count). The lowest BCUT2D eigenvalue weighted by molar-refractivity contribution is -0.144. The first-order valence-corrected chi connectivity index (χ1v) is 8.92. The van der Waals surface area contributed by atoms with Crippen LogP contribution < -0.4 is 5.32 Å². The van der Waals surface area contributed by atoms with Crippen LogP contribution in [0.3, 0.4) is 0 Å². The maximum absolute atomic E-state index is 12.1. The van der Waals surface area contributed by atoms with Crippen molar-refractivity contribution in [3.8, 4) is 0 Å². The molecule has 0 spiro atoms. The molecule has 0 saturated carbocycles. The molecule has 0 saturated heterocycles. The molecular formula is C18H29N3O5. The summed E-state index contributed by atoms with van der Waals surface area (Å²) >= 11 is 0. The predicted molar refractivity (Wildman–Crippen MR) is 96.7 cm³/mol. The van der Waals surface area contributed by atoms with Crippen molar-refractivity contribution in [2.75, 3.05) is 18.5 Å². The first-order valence-electron chi connectivity index (χ1n) is 8.92. The molecular weight excluding hydrogens is 338 g/mol. The minimum atomic E-state index is -0.560. The zero-order valence-electron chi connectivity index (χ0n) is 16.2. The summed E-state index contributed by atoms with van der Waals surface area (Å²) in [7, 11) is 0. The van der Waals surface area contributed by atoms with Crippen LogP contribution in [0.5, 0.6) is 0 Å². The summed E-state index contributed by atoms with van der Waals surface area (Å²) in [6, 6.07) is 0. The molecule has 146 valence electrons. The van der Waals surface area contributed by atoms with Crippen LogP contribution in [0.4, 0.5) is 5.82 Å². The summed E-state index contributed by atoms with van der Waals surface area (Å²) < 4.78 is 11.6. The number of ether oxygens (including phenoxy) is 2. The zero-order valence-corrected chi connectivity index (χ0v) is 16.2. The Morgan fingerprint density at radius 2 is 1.77 bits per heavy atom. The molecule has 1 heterocycles. The van der Waals surface area contributed by atoms with Gasteiger partial charge in [-0.25, -0.2) is 9.48 Å². The van der Waals surface area contributed by atoms with Crippen LogP contribution in [-0.4, -0.2) is 40.8 Å². The van der Waals surface area contributed by atoms with Crippen LogP contribution in [-0.2, 0) is 25.6 Å². The van der Waals surface area contributed by atoms with Gasteiger partial charge in [0.2, 0.25) is 5.91 Å². The van der Waals surface area contributed by atoms with Crippen molar-refractivity contribution in [1.29, 1.82) is 0 Å². The molecule has 0 bridgehead atoms. The van der Waals surface area contributed by atoms with Gasteiger partial charge < -0.3 is 14.8 Å². The number of aromatic nitrogens is 2. The van der Waals surface area contributed by atoms with Crippen molar-refractivity contribution in [1.82, 2.24) is 9.78 Å². The summed E-state index contributed by atoms with van der Waals surface area (Å²) in [6.07, 6.45) is 2.00. The lowest BCUT2D eigenvalue weighted by Crippen LogP contribution is -2.21. The van der Waals surface area contributed by atoms with Gasteiger partial charge in [-0.1, -0.05) is 27.7 Å². The minimum Gasteiger partial charge on any atom is -0.464 e. The van der Waals surface area contributed by atoms with Crippen LogP contribution in [0.15, 0.2) is 6.20 Å². The molecule has 0 fully saturated rings. The average molecular weight is 367 g/mol. The molecule has 0 radical (unpaired) electrons. The van der Waals surface area contributed by atoms with E-state index in [0.717, 1.165) is 0 Å². The molecule has 1 aromatic rings. The fraction of sp³-hybridized carbons (Fsp3) is 0.667. The number of hydrogen-bond donors (Lipinski definition) is 1. The highest BCUT2D eigenvalue weighted by Crippen LogP contribution is 2.18. The SMILES string of the molecule is CCOC(=O)c1cnn(CCOC(=O)CC(C)C)c1NC(=O)CC(C)C. The van der Waals surface area contributed by atoms with E-state index in [4.69, 9.17) is 9.47 Å². The number of rotatable bonds is 10. The van der Waals surface area contributed by atoms with Gasteiger partial charge in [-0.05, 0) is 18.8 Å². The van der Waals surface area contributed by atoms with E-state index in [9.17, 15) is 14.4 Å². The summed E-state index contributed by atoms with van der Waals surface area (Å²) in [6.45, 7) is 9.97. The van der Waals surface area contributed by atoms with E-state index < -0.39 is 5.97 Å². The van der Waals surface area contributed by atoms with Crippen LogP contribution in [0.1, 0.15) is 57.8 Å². The van der Waals surface area contributed by atoms with Crippen molar-refractivity contribution >= 4 is 23.7 Å². The Balaban J connectivity index is 2.84. The van der Waals surface area contributed by atoms with Crippen molar-refractivity contribution in [3.05, 3.63) is 11.8 Å². The first kappa shape index (κ1) is 21.7. The van der Waals surface area contributed by atoms with Crippen molar-refractivity contribution < 1.29 is 23.9 Å². The molecule has 1 aromatic heterocycles. The molecule has 8 nitrogen and oxygen atoms in total. The second kappa shape index (κ2) is 10.6. The van der Waals surface area contributed by atoms with Gasteiger partial charge in [0, 0.05) is 12.8 Å². The van der Waals surface area contributed by atoms with Crippen molar-refractivity contribution in [2.24, 2.45) is 11.8 Å². The van der Waals surface area contributed by atoms with E-state index in [1.165, 1.54) is 10.9 Å². The third kappa shape index (κ3) is 7.25. The number of nitrogens with zero attached hydrogens (tertiary/aromatic N) is 2. The molecule has 0 aliphatic heterocycles.